The van der Waals surface area contributed by atoms with Crippen LogP contribution in [-0.2, 0) is 0 Å². The molecule has 0 bridgehead atoms. The fraction of sp³-hybridized carbons (Fsp3) is 0.235. The van der Waals surface area contributed by atoms with Gasteiger partial charge in [0.2, 0.25) is 0 Å². The molecule has 2 heterocycles. The summed E-state index contributed by atoms with van der Waals surface area (Å²) in [6.07, 6.45) is 3.78. The highest BCUT2D eigenvalue weighted by Gasteiger charge is 2.30. The van der Waals surface area contributed by atoms with E-state index in [0.29, 0.717) is 23.4 Å². The Morgan fingerprint density at radius 1 is 1.00 bits per heavy atom. The molecule has 0 radical (unpaired) electrons. The van der Waals surface area contributed by atoms with Crippen molar-refractivity contribution >= 4 is 22.7 Å². The average molecular weight is 291 g/mol. The van der Waals surface area contributed by atoms with Gasteiger partial charge >= 0.3 is 0 Å². The van der Waals surface area contributed by atoms with Crippen LogP contribution in [0.25, 0.3) is 11.0 Å². The number of nitrogens with two attached hydrogens (primary N) is 1. The van der Waals surface area contributed by atoms with E-state index in [9.17, 15) is 0 Å². The summed E-state index contributed by atoms with van der Waals surface area (Å²) in [4.78, 5) is 12.8. The first-order valence-electron chi connectivity index (χ1n) is 7.48. The largest absolute Gasteiger partial charge is 0.384 e. The van der Waals surface area contributed by atoms with Gasteiger partial charge in [-0.2, -0.15) is 0 Å². The second-order valence-electron chi connectivity index (χ2n) is 5.75. The van der Waals surface area contributed by atoms with Crippen LogP contribution in [0, 0.1) is 0 Å². The number of hydrogen-bond donors (Lipinski definition) is 2. The molecule has 1 aliphatic carbocycles. The van der Waals surface area contributed by atoms with Crippen molar-refractivity contribution < 1.29 is 0 Å². The Morgan fingerprint density at radius 2 is 1.82 bits per heavy atom. The number of rotatable bonds is 3. The Kier molecular flexibility index (Phi) is 3.11. The van der Waals surface area contributed by atoms with E-state index in [1.807, 2.05) is 6.07 Å². The Morgan fingerprint density at radius 3 is 2.64 bits per heavy atom. The molecule has 0 aliphatic heterocycles. The van der Waals surface area contributed by atoms with Crippen molar-refractivity contribution in [1.82, 2.24) is 15.0 Å². The Hall–Kier alpha value is -2.69. The van der Waals surface area contributed by atoms with Crippen molar-refractivity contribution in [2.24, 2.45) is 0 Å². The molecule has 1 aromatic carbocycles. The van der Waals surface area contributed by atoms with Crippen molar-refractivity contribution in [1.29, 1.82) is 0 Å². The van der Waals surface area contributed by atoms with Crippen LogP contribution >= 0.6 is 0 Å². The predicted octanol–water partition coefficient (Wildman–Crippen LogP) is 2.97. The highest BCUT2D eigenvalue weighted by atomic mass is 15.1. The molecule has 110 valence electrons. The van der Waals surface area contributed by atoms with Crippen molar-refractivity contribution in [3.05, 3.63) is 54.4 Å². The van der Waals surface area contributed by atoms with Crippen LogP contribution in [0.2, 0.25) is 0 Å². The molecule has 5 heteroatoms. The van der Waals surface area contributed by atoms with Gasteiger partial charge in [-0.05, 0) is 36.5 Å². The lowest BCUT2D eigenvalue weighted by atomic mass is 9.76. The van der Waals surface area contributed by atoms with Gasteiger partial charge in [-0.25, -0.2) is 15.0 Å². The quantitative estimate of drug-likeness (QED) is 0.776. The highest BCUT2D eigenvalue weighted by Crippen LogP contribution is 2.38. The van der Waals surface area contributed by atoms with Gasteiger partial charge in [0.1, 0.15) is 18.0 Å². The number of fused-ring (bicyclic) bond motifs is 1. The van der Waals surface area contributed by atoms with Gasteiger partial charge in [-0.15, -0.1) is 0 Å². The maximum atomic E-state index is 5.70. The van der Waals surface area contributed by atoms with Gasteiger partial charge in [0.25, 0.3) is 0 Å². The third-order valence-corrected chi connectivity index (χ3v) is 4.27. The number of aromatic nitrogens is 3. The van der Waals surface area contributed by atoms with Crippen LogP contribution in [0.3, 0.4) is 0 Å². The predicted molar refractivity (Wildman–Crippen MR) is 87.6 cm³/mol. The Balaban J connectivity index is 1.49. The topological polar surface area (TPSA) is 76.7 Å². The van der Waals surface area contributed by atoms with Crippen LogP contribution in [0.15, 0.2) is 48.8 Å². The van der Waals surface area contributed by atoms with Crippen LogP contribution < -0.4 is 11.1 Å². The van der Waals surface area contributed by atoms with Gasteiger partial charge < -0.3 is 11.1 Å². The molecule has 3 aromatic rings. The first-order valence-corrected chi connectivity index (χ1v) is 7.48. The van der Waals surface area contributed by atoms with E-state index in [2.05, 4.69) is 50.6 Å². The smallest absolute Gasteiger partial charge is 0.166 e. The molecule has 2 aromatic heterocycles. The van der Waals surface area contributed by atoms with Crippen LogP contribution in [-0.4, -0.2) is 21.0 Å². The number of pyridine rings is 1. The molecule has 0 spiro atoms. The van der Waals surface area contributed by atoms with Gasteiger partial charge in [0.05, 0.1) is 5.39 Å². The molecule has 22 heavy (non-hydrogen) atoms. The monoisotopic (exact) mass is 291 g/mol. The molecular formula is C17H17N5. The number of benzene rings is 1. The molecule has 1 aliphatic rings. The molecule has 1 fully saturated rings. The highest BCUT2D eigenvalue weighted by molar-refractivity contribution is 5.87. The van der Waals surface area contributed by atoms with E-state index >= 15 is 0 Å². The standard InChI is InChI=1S/C17H17N5/c18-15-7-6-14-16(19-10-20-17(14)22-15)21-13-8-12(9-13)11-4-2-1-3-5-11/h1-7,10,12-13H,8-9H2,(H3,18,19,20,21,22). The summed E-state index contributed by atoms with van der Waals surface area (Å²) in [5.41, 5.74) is 7.76. The summed E-state index contributed by atoms with van der Waals surface area (Å²) in [6, 6.07) is 14.8. The second-order valence-corrected chi connectivity index (χ2v) is 5.75. The first kappa shape index (κ1) is 13.0. The molecule has 3 N–H and O–H groups in total. The van der Waals surface area contributed by atoms with Crippen molar-refractivity contribution in [2.45, 2.75) is 24.8 Å². The summed E-state index contributed by atoms with van der Waals surface area (Å²) < 4.78 is 0. The van der Waals surface area contributed by atoms with Crippen molar-refractivity contribution in [3.63, 3.8) is 0 Å². The van der Waals surface area contributed by atoms with E-state index in [4.69, 9.17) is 5.73 Å². The molecule has 0 atom stereocenters. The number of anilines is 2. The normalized spacial score (nSPS) is 20.5. The number of nitrogens with one attached hydrogen (secondary N) is 1. The van der Waals surface area contributed by atoms with Gasteiger partial charge in [0.15, 0.2) is 5.65 Å². The Bertz CT molecular complexity index is 797. The molecule has 0 amide bonds. The van der Waals surface area contributed by atoms with Crippen molar-refractivity contribution in [3.8, 4) is 0 Å². The summed E-state index contributed by atoms with van der Waals surface area (Å²) >= 11 is 0. The lowest BCUT2D eigenvalue weighted by Crippen LogP contribution is -2.34. The first-order chi connectivity index (χ1) is 10.8. The summed E-state index contributed by atoms with van der Waals surface area (Å²) in [5.74, 6) is 1.96. The third kappa shape index (κ3) is 2.35. The molecule has 5 nitrogen and oxygen atoms in total. The fourth-order valence-corrected chi connectivity index (χ4v) is 3.00. The van der Waals surface area contributed by atoms with Crippen LogP contribution in [0.1, 0.15) is 24.3 Å². The third-order valence-electron chi connectivity index (χ3n) is 4.27. The number of hydrogen-bond acceptors (Lipinski definition) is 5. The Labute approximate surface area is 128 Å². The summed E-state index contributed by atoms with van der Waals surface area (Å²) in [5, 5.41) is 4.43. The van der Waals surface area contributed by atoms with Crippen LogP contribution in [0.4, 0.5) is 11.6 Å². The zero-order chi connectivity index (χ0) is 14.9. The van der Waals surface area contributed by atoms with E-state index in [1.165, 1.54) is 11.9 Å². The molecular weight excluding hydrogens is 274 g/mol. The van der Waals surface area contributed by atoms with E-state index in [1.54, 1.807) is 6.07 Å². The molecule has 0 saturated heterocycles. The number of nitrogen functional groups attached to an aromatic ring is 1. The lowest BCUT2D eigenvalue weighted by Gasteiger charge is -2.36. The SMILES string of the molecule is Nc1ccc2c(NC3CC(c4ccccc4)C3)ncnc2n1. The lowest BCUT2D eigenvalue weighted by molar-refractivity contribution is 0.373. The average Bonchev–Trinajstić information content (AvgIpc) is 2.51. The van der Waals surface area contributed by atoms with Crippen LogP contribution in [0.5, 0.6) is 0 Å². The minimum absolute atomic E-state index is 0.445. The maximum absolute atomic E-state index is 5.70. The summed E-state index contributed by atoms with van der Waals surface area (Å²) in [7, 11) is 0. The van der Waals surface area contributed by atoms with E-state index < -0.39 is 0 Å². The van der Waals surface area contributed by atoms with Gasteiger partial charge in [-0.1, -0.05) is 30.3 Å². The molecule has 4 rings (SSSR count). The minimum Gasteiger partial charge on any atom is -0.384 e. The van der Waals surface area contributed by atoms with Gasteiger partial charge in [-0.3, -0.25) is 0 Å². The van der Waals surface area contributed by atoms with Gasteiger partial charge in [0, 0.05) is 6.04 Å². The minimum atomic E-state index is 0.445. The maximum Gasteiger partial charge on any atom is 0.166 e. The van der Waals surface area contributed by atoms with Crippen molar-refractivity contribution in [2.75, 3.05) is 11.1 Å². The fourth-order valence-electron chi connectivity index (χ4n) is 3.00. The van der Waals surface area contributed by atoms with E-state index in [-0.39, 0.29) is 0 Å². The number of nitrogens with zero attached hydrogens (tertiary/aromatic N) is 3. The van der Waals surface area contributed by atoms with E-state index in [0.717, 1.165) is 24.0 Å². The zero-order valence-electron chi connectivity index (χ0n) is 12.1. The molecule has 1 saturated carbocycles. The molecule has 0 unspecified atom stereocenters. The summed E-state index contributed by atoms with van der Waals surface area (Å²) in [6.45, 7) is 0. The zero-order valence-corrected chi connectivity index (χ0v) is 12.1. The second kappa shape index (κ2) is 5.26.